The van der Waals surface area contributed by atoms with Gasteiger partial charge in [0, 0.05) is 23.7 Å². The third-order valence-corrected chi connectivity index (χ3v) is 4.48. The normalized spacial score (nSPS) is 10.2. The third-order valence-electron chi connectivity index (χ3n) is 3.80. The first-order valence-corrected chi connectivity index (χ1v) is 8.33. The third kappa shape index (κ3) is 3.05. The molecule has 0 aliphatic heterocycles. The van der Waals surface area contributed by atoms with Crippen LogP contribution in [0.1, 0.15) is 21.6 Å². The van der Waals surface area contributed by atoms with E-state index in [1.807, 2.05) is 35.9 Å². The van der Waals surface area contributed by atoms with Crippen LogP contribution in [0.5, 0.6) is 0 Å². The van der Waals surface area contributed by atoms with Gasteiger partial charge in [-0.15, -0.1) is 0 Å². The van der Waals surface area contributed by atoms with Crippen LogP contribution in [0.15, 0.2) is 53.2 Å². The lowest BCUT2D eigenvalue weighted by Gasteiger charge is -2.18. The van der Waals surface area contributed by atoms with E-state index in [0.29, 0.717) is 22.5 Å². The van der Waals surface area contributed by atoms with Gasteiger partial charge in [0.2, 0.25) is 0 Å². The Hall–Kier alpha value is -2.97. The minimum atomic E-state index is -0.146. The highest BCUT2D eigenvalue weighted by Crippen LogP contribution is 2.23. The Balaban J connectivity index is 1.91. The largest absolute Gasteiger partial charge is 0.311 e. The molecule has 0 bridgehead atoms. The monoisotopic (exact) mass is 333 g/mol. The molecule has 0 spiro atoms. The highest BCUT2D eigenvalue weighted by molar-refractivity contribution is 7.08. The van der Waals surface area contributed by atoms with Gasteiger partial charge >= 0.3 is 0 Å². The number of benzene rings is 1. The summed E-state index contributed by atoms with van der Waals surface area (Å²) in [5.41, 5.74) is 4.36. The molecular weight excluding hydrogens is 318 g/mol. The van der Waals surface area contributed by atoms with Crippen molar-refractivity contribution in [2.75, 3.05) is 11.9 Å². The molecule has 5 heteroatoms. The Labute approximate surface area is 144 Å². The molecule has 0 atom stereocenters. The summed E-state index contributed by atoms with van der Waals surface area (Å²) in [6.07, 6.45) is 0. The number of hydrogen-bond donors (Lipinski definition) is 0. The van der Waals surface area contributed by atoms with E-state index in [4.69, 9.17) is 5.26 Å². The van der Waals surface area contributed by atoms with Gasteiger partial charge in [-0.3, -0.25) is 9.78 Å². The first-order valence-electron chi connectivity index (χ1n) is 7.38. The van der Waals surface area contributed by atoms with E-state index in [1.165, 1.54) is 4.90 Å². The lowest BCUT2D eigenvalue weighted by molar-refractivity contribution is 0.0992. The number of carbonyl (C=O) groups is 1. The van der Waals surface area contributed by atoms with Crippen molar-refractivity contribution >= 4 is 22.9 Å². The van der Waals surface area contributed by atoms with Gasteiger partial charge in [-0.05, 0) is 48.7 Å². The fourth-order valence-corrected chi connectivity index (χ4v) is 3.09. The zero-order valence-electron chi connectivity index (χ0n) is 13.4. The Morgan fingerprint density at radius 2 is 2.08 bits per heavy atom. The van der Waals surface area contributed by atoms with Gasteiger partial charge in [-0.2, -0.15) is 16.6 Å². The molecule has 0 fully saturated rings. The van der Waals surface area contributed by atoms with Gasteiger partial charge in [-0.25, -0.2) is 0 Å². The Kier molecular flexibility index (Phi) is 4.41. The number of nitriles is 1. The van der Waals surface area contributed by atoms with Crippen LogP contribution in [0.4, 0.5) is 5.69 Å². The molecule has 4 nitrogen and oxygen atoms in total. The second kappa shape index (κ2) is 6.65. The molecule has 0 N–H and O–H groups in total. The molecule has 0 saturated heterocycles. The van der Waals surface area contributed by atoms with E-state index in [1.54, 1.807) is 42.6 Å². The molecule has 1 aromatic carbocycles. The molecule has 118 valence electrons. The molecule has 0 unspecified atom stereocenters. The van der Waals surface area contributed by atoms with Gasteiger partial charge in [0.1, 0.15) is 0 Å². The Bertz CT molecular complexity index is 926. The maximum atomic E-state index is 12.8. The van der Waals surface area contributed by atoms with E-state index in [9.17, 15) is 4.79 Å². The van der Waals surface area contributed by atoms with Gasteiger partial charge in [-0.1, -0.05) is 6.07 Å². The number of aromatic nitrogens is 1. The number of pyridine rings is 1. The van der Waals surface area contributed by atoms with Crippen LogP contribution < -0.4 is 4.90 Å². The van der Waals surface area contributed by atoms with Crippen LogP contribution >= 0.6 is 11.3 Å². The average Bonchev–Trinajstić information content (AvgIpc) is 3.15. The molecule has 0 aliphatic rings. The van der Waals surface area contributed by atoms with Crippen LogP contribution in [0.25, 0.3) is 11.3 Å². The minimum Gasteiger partial charge on any atom is -0.311 e. The number of aryl methyl sites for hydroxylation is 1. The minimum absolute atomic E-state index is 0.146. The average molecular weight is 333 g/mol. The summed E-state index contributed by atoms with van der Waals surface area (Å²) in [6, 6.07) is 14.7. The summed E-state index contributed by atoms with van der Waals surface area (Å²) < 4.78 is 0. The zero-order valence-corrected chi connectivity index (χ0v) is 14.2. The van der Waals surface area contributed by atoms with Crippen molar-refractivity contribution in [2.45, 2.75) is 6.92 Å². The number of thiophene rings is 1. The highest BCUT2D eigenvalue weighted by atomic mass is 32.1. The van der Waals surface area contributed by atoms with Gasteiger partial charge < -0.3 is 4.90 Å². The maximum absolute atomic E-state index is 12.8. The van der Waals surface area contributed by atoms with Crippen molar-refractivity contribution < 1.29 is 4.79 Å². The highest BCUT2D eigenvalue weighted by Gasteiger charge is 2.17. The SMILES string of the molecule is Cc1nc(-c2ccsc2)ccc1C(=O)N(C)c1cccc(C#N)c1. The summed E-state index contributed by atoms with van der Waals surface area (Å²) in [4.78, 5) is 18.9. The molecule has 0 aliphatic carbocycles. The summed E-state index contributed by atoms with van der Waals surface area (Å²) >= 11 is 1.61. The van der Waals surface area contributed by atoms with E-state index in [2.05, 4.69) is 11.1 Å². The molecule has 1 amide bonds. The summed E-state index contributed by atoms with van der Waals surface area (Å²) in [6.45, 7) is 1.84. The molecule has 0 saturated carbocycles. The standard InChI is InChI=1S/C19H15N3OS/c1-13-17(6-7-18(21-13)15-8-9-24-12-15)19(23)22(2)16-5-3-4-14(10-16)11-20/h3-10,12H,1-2H3. The number of hydrogen-bond acceptors (Lipinski definition) is 4. The van der Waals surface area contributed by atoms with Crippen LogP contribution in [-0.2, 0) is 0 Å². The zero-order chi connectivity index (χ0) is 17.1. The number of amides is 1. The fourth-order valence-electron chi connectivity index (χ4n) is 2.44. The van der Waals surface area contributed by atoms with E-state index in [-0.39, 0.29) is 5.91 Å². The van der Waals surface area contributed by atoms with E-state index < -0.39 is 0 Å². The summed E-state index contributed by atoms with van der Waals surface area (Å²) in [7, 11) is 1.70. The first-order chi connectivity index (χ1) is 11.6. The van der Waals surface area contributed by atoms with Crippen molar-refractivity contribution in [3.8, 4) is 17.3 Å². The van der Waals surface area contributed by atoms with E-state index in [0.717, 1.165) is 11.3 Å². The number of rotatable bonds is 3. The van der Waals surface area contributed by atoms with Crippen molar-refractivity contribution in [3.05, 3.63) is 70.0 Å². The van der Waals surface area contributed by atoms with Crippen LogP contribution in [0.2, 0.25) is 0 Å². The molecule has 24 heavy (non-hydrogen) atoms. The number of nitrogens with zero attached hydrogens (tertiary/aromatic N) is 3. The second-order valence-corrected chi connectivity index (χ2v) is 6.15. The topological polar surface area (TPSA) is 57.0 Å². The van der Waals surface area contributed by atoms with Crippen LogP contribution in [0.3, 0.4) is 0 Å². The molecule has 3 aromatic rings. The Morgan fingerprint density at radius 3 is 2.75 bits per heavy atom. The van der Waals surface area contributed by atoms with E-state index >= 15 is 0 Å². The lowest BCUT2D eigenvalue weighted by Crippen LogP contribution is -2.27. The maximum Gasteiger partial charge on any atom is 0.259 e. The van der Waals surface area contributed by atoms with Crippen molar-refractivity contribution in [1.82, 2.24) is 4.98 Å². The van der Waals surface area contributed by atoms with Gasteiger partial charge in [0.05, 0.1) is 28.6 Å². The van der Waals surface area contributed by atoms with Gasteiger partial charge in [0.15, 0.2) is 0 Å². The van der Waals surface area contributed by atoms with Crippen molar-refractivity contribution in [2.24, 2.45) is 0 Å². The predicted molar refractivity (Wildman–Crippen MR) is 96.2 cm³/mol. The second-order valence-electron chi connectivity index (χ2n) is 5.37. The summed E-state index contributed by atoms with van der Waals surface area (Å²) in [5, 5.41) is 13.0. The van der Waals surface area contributed by atoms with Gasteiger partial charge in [0.25, 0.3) is 5.91 Å². The molecule has 2 heterocycles. The Morgan fingerprint density at radius 1 is 1.25 bits per heavy atom. The molecular formula is C19H15N3OS. The quantitative estimate of drug-likeness (QED) is 0.719. The van der Waals surface area contributed by atoms with Crippen LogP contribution in [-0.4, -0.2) is 17.9 Å². The number of anilines is 1. The fraction of sp³-hybridized carbons (Fsp3) is 0.105. The van der Waals surface area contributed by atoms with Crippen molar-refractivity contribution in [3.63, 3.8) is 0 Å². The summed E-state index contributed by atoms with van der Waals surface area (Å²) in [5.74, 6) is -0.146. The first kappa shape index (κ1) is 15.9. The molecule has 2 aromatic heterocycles. The molecule has 0 radical (unpaired) electrons. The van der Waals surface area contributed by atoms with Crippen molar-refractivity contribution in [1.29, 1.82) is 5.26 Å². The predicted octanol–water partition coefficient (Wildman–Crippen LogP) is 4.27. The lowest BCUT2D eigenvalue weighted by atomic mass is 10.1. The number of carbonyl (C=O) groups excluding carboxylic acids is 1. The smallest absolute Gasteiger partial charge is 0.259 e. The molecule has 3 rings (SSSR count). The van der Waals surface area contributed by atoms with Crippen LogP contribution in [0, 0.1) is 18.3 Å².